The fourth-order valence-corrected chi connectivity index (χ4v) is 4.91. The molecule has 210 valence electrons. The molecule has 4 aromatic rings. The Balaban J connectivity index is 1.65. The summed E-state index contributed by atoms with van der Waals surface area (Å²) < 4.78 is 12.1. The summed E-state index contributed by atoms with van der Waals surface area (Å²) in [5.74, 6) is -0.391. The number of rotatable bonds is 7. The number of aromatic hydroxyl groups is 1. The molecule has 0 bridgehead atoms. The lowest BCUT2D eigenvalue weighted by Crippen LogP contribution is -2.40. The minimum absolute atomic E-state index is 0.00973. The van der Waals surface area contributed by atoms with Gasteiger partial charge in [-0.05, 0) is 51.1 Å². The first-order valence-electron chi connectivity index (χ1n) is 12.7. The number of nitrogens with one attached hydrogen (secondary N) is 2. The molecule has 1 aliphatic rings. The van der Waals surface area contributed by atoms with Gasteiger partial charge in [-0.2, -0.15) is 0 Å². The monoisotopic (exact) mass is 557 g/mol. The first-order valence-corrected chi connectivity index (χ1v) is 12.7. The zero-order valence-corrected chi connectivity index (χ0v) is 22.7. The number of aromatic amines is 2. The van der Waals surface area contributed by atoms with Crippen LogP contribution in [0.1, 0.15) is 36.7 Å². The van der Waals surface area contributed by atoms with E-state index >= 15 is 0 Å². The number of methoxy groups -OCH3 is 1. The molecular weight excluding hydrogens is 530 g/mol. The lowest BCUT2D eigenvalue weighted by atomic mass is 9.95. The molecule has 0 spiro atoms. The SMILES string of the molecule is CCOC(=O)C1=C(C)N=c2[nH]c(=Cc3ccc(-c4ccc(C)c([N+](=O)[O-])c4)[nH]3)c(=O)n2C1c1ccc(O)cc1OC. The molecule has 1 unspecified atom stereocenters. The highest BCUT2D eigenvalue weighted by Crippen LogP contribution is 2.37. The summed E-state index contributed by atoms with van der Waals surface area (Å²) in [5.41, 5.74) is 3.12. The fraction of sp³-hybridized carbons (Fsp3) is 0.207. The average molecular weight is 558 g/mol. The number of fused-ring (bicyclic) bond motifs is 1. The number of ether oxygens (including phenoxy) is 2. The number of hydrogen-bond acceptors (Lipinski definition) is 8. The van der Waals surface area contributed by atoms with E-state index in [1.165, 1.54) is 29.9 Å². The lowest BCUT2D eigenvalue weighted by Gasteiger charge is -2.25. The maximum atomic E-state index is 13.8. The molecule has 5 rings (SSSR count). The van der Waals surface area contributed by atoms with E-state index in [1.54, 1.807) is 57.2 Å². The number of nitro groups is 1. The molecule has 0 radical (unpaired) electrons. The van der Waals surface area contributed by atoms with Crippen molar-refractivity contribution >= 4 is 17.7 Å². The van der Waals surface area contributed by atoms with Crippen LogP contribution in [0.4, 0.5) is 5.69 Å². The maximum Gasteiger partial charge on any atom is 0.338 e. The van der Waals surface area contributed by atoms with Gasteiger partial charge in [-0.25, -0.2) is 9.79 Å². The van der Waals surface area contributed by atoms with Gasteiger partial charge in [-0.15, -0.1) is 0 Å². The summed E-state index contributed by atoms with van der Waals surface area (Å²) in [6.07, 6.45) is 1.60. The third kappa shape index (κ3) is 4.91. The standard InChI is InChI=1S/C29H27N5O7/c1-5-41-28(37)25-16(3)30-29-32-22(27(36)33(29)26(25)20-10-9-19(35)14-24(20)40-4)13-18-8-11-21(31-18)17-7-6-15(2)23(12-17)34(38)39/h6-14,26,31,35H,5H2,1-4H3,(H,30,32). The number of imidazole rings is 1. The number of carbonyl (C=O) groups excluding carboxylic acids is 1. The van der Waals surface area contributed by atoms with Gasteiger partial charge < -0.3 is 24.5 Å². The van der Waals surface area contributed by atoms with Crippen molar-refractivity contribution in [1.82, 2.24) is 14.5 Å². The molecule has 12 nitrogen and oxygen atoms in total. The topological polar surface area (TPSA) is 165 Å². The number of phenolic OH excluding ortho intramolecular Hbond substituents is 1. The van der Waals surface area contributed by atoms with E-state index in [2.05, 4.69) is 15.0 Å². The van der Waals surface area contributed by atoms with Crippen molar-refractivity contribution < 1.29 is 24.3 Å². The van der Waals surface area contributed by atoms with Crippen LogP contribution in [0.25, 0.3) is 17.3 Å². The first-order chi connectivity index (χ1) is 19.6. The third-order valence-corrected chi connectivity index (χ3v) is 6.85. The van der Waals surface area contributed by atoms with Gasteiger partial charge >= 0.3 is 5.97 Å². The Hall–Kier alpha value is -5.39. The number of aryl methyl sites for hydroxylation is 1. The number of allylic oxidation sites excluding steroid dienone is 1. The van der Waals surface area contributed by atoms with Crippen LogP contribution < -0.4 is 21.3 Å². The molecule has 0 fully saturated rings. The summed E-state index contributed by atoms with van der Waals surface area (Å²) in [6.45, 7) is 5.14. The normalized spacial score (nSPS) is 14.9. The van der Waals surface area contributed by atoms with Crippen LogP contribution in [-0.2, 0) is 9.53 Å². The molecule has 2 aromatic carbocycles. The molecular formula is C29H27N5O7. The highest BCUT2D eigenvalue weighted by atomic mass is 16.6. The summed E-state index contributed by atoms with van der Waals surface area (Å²) in [5, 5.41) is 21.6. The largest absolute Gasteiger partial charge is 0.508 e. The van der Waals surface area contributed by atoms with Gasteiger partial charge in [0.15, 0.2) is 0 Å². The van der Waals surface area contributed by atoms with E-state index < -0.39 is 22.5 Å². The zero-order chi connectivity index (χ0) is 29.4. The Bertz CT molecular complexity index is 1910. The van der Waals surface area contributed by atoms with Crippen LogP contribution in [-0.4, -0.2) is 44.3 Å². The first kappa shape index (κ1) is 27.2. The Kier molecular flexibility index (Phi) is 7.06. The van der Waals surface area contributed by atoms with Crippen LogP contribution in [0.15, 0.2) is 69.6 Å². The second-order valence-electron chi connectivity index (χ2n) is 9.43. The number of carbonyl (C=O) groups is 1. The number of phenols is 1. The minimum atomic E-state index is -0.949. The summed E-state index contributed by atoms with van der Waals surface area (Å²) in [4.78, 5) is 48.6. The number of hydrogen-bond donors (Lipinski definition) is 3. The van der Waals surface area contributed by atoms with Crippen LogP contribution in [0.5, 0.6) is 11.5 Å². The van der Waals surface area contributed by atoms with E-state index in [1.807, 2.05) is 0 Å². The predicted octanol–water partition coefficient (Wildman–Crippen LogP) is 2.99. The van der Waals surface area contributed by atoms with Crippen molar-refractivity contribution in [3.63, 3.8) is 0 Å². The third-order valence-electron chi connectivity index (χ3n) is 6.85. The van der Waals surface area contributed by atoms with Crippen LogP contribution in [0.3, 0.4) is 0 Å². The smallest absolute Gasteiger partial charge is 0.338 e. The molecule has 41 heavy (non-hydrogen) atoms. The number of nitrogens with zero attached hydrogens (tertiary/aromatic N) is 3. The van der Waals surface area contributed by atoms with Crippen molar-refractivity contribution in [1.29, 1.82) is 0 Å². The molecule has 12 heteroatoms. The number of H-pyrrole nitrogens is 2. The van der Waals surface area contributed by atoms with Crippen molar-refractivity contribution in [3.8, 4) is 22.8 Å². The number of esters is 1. The summed E-state index contributed by atoms with van der Waals surface area (Å²) >= 11 is 0. The van der Waals surface area contributed by atoms with Crippen LogP contribution in [0, 0.1) is 17.0 Å². The van der Waals surface area contributed by atoms with Crippen molar-refractivity contribution in [2.45, 2.75) is 26.8 Å². The van der Waals surface area contributed by atoms with Gasteiger partial charge in [0, 0.05) is 40.2 Å². The van der Waals surface area contributed by atoms with Gasteiger partial charge in [0.05, 0.1) is 29.9 Å². The van der Waals surface area contributed by atoms with Crippen molar-refractivity contribution in [3.05, 3.63) is 108 Å². The van der Waals surface area contributed by atoms with Gasteiger partial charge in [0.2, 0.25) is 5.62 Å². The van der Waals surface area contributed by atoms with E-state index in [4.69, 9.17) is 9.47 Å². The van der Waals surface area contributed by atoms with Crippen molar-refractivity contribution in [2.75, 3.05) is 13.7 Å². The second-order valence-corrected chi connectivity index (χ2v) is 9.43. The van der Waals surface area contributed by atoms with Gasteiger partial charge in [0.25, 0.3) is 11.2 Å². The Morgan fingerprint density at radius 1 is 1.17 bits per heavy atom. The molecule has 3 N–H and O–H groups in total. The van der Waals surface area contributed by atoms with E-state index in [-0.39, 0.29) is 40.3 Å². The van der Waals surface area contributed by atoms with Crippen LogP contribution in [0.2, 0.25) is 0 Å². The quantitative estimate of drug-likeness (QED) is 0.179. The Morgan fingerprint density at radius 2 is 1.95 bits per heavy atom. The number of aromatic nitrogens is 3. The Morgan fingerprint density at radius 3 is 2.66 bits per heavy atom. The van der Waals surface area contributed by atoms with E-state index in [0.717, 1.165) is 0 Å². The van der Waals surface area contributed by atoms with Gasteiger partial charge in [-0.3, -0.25) is 19.5 Å². The van der Waals surface area contributed by atoms with E-state index in [9.17, 15) is 24.8 Å². The van der Waals surface area contributed by atoms with Gasteiger partial charge in [0.1, 0.15) is 22.9 Å². The molecule has 0 saturated heterocycles. The number of nitro benzene ring substituents is 1. The molecule has 2 aromatic heterocycles. The van der Waals surface area contributed by atoms with E-state index in [0.29, 0.717) is 33.8 Å². The summed E-state index contributed by atoms with van der Waals surface area (Å²) in [7, 11) is 1.43. The molecule has 1 aliphatic heterocycles. The van der Waals surface area contributed by atoms with Crippen molar-refractivity contribution in [2.24, 2.45) is 4.99 Å². The predicted molar refractivity (Wildman–Crippen MR) is 149 cm³/mol. The molecule has 0 amide bonds. The zero-order valence-electron chi connectivity index (χ0n) is 22.7. The minimum Gasteiger partial charge on any atom is -0.508 e. The highest BCUT2D eigenvalue weighted by Gasteiger charge is 2.35. The lowest BCUT2D eigenvalue weighted by molar-refractivity contribution is -0.385. The maximum absolute atomic E-state index is 13.8. The number of benzene rings is 2. The average Bonchev–Trinajstić information content (AvgIpc) is 3.52. The summed E-state index contributed by atoms with van der Waals surface area (Å²) in [6, 6.07) is 11.9. The second kappa shape index (κ2) is 10.6. The fourth-order valence-electron chi connectivity index (χ4n) is 4.91. The van der Waals surface area contributed by atoms with Crippen LogP contribution >= 0.6 is 0 Å². The highest BCUT2D eigenvalue weighted by molar-refractivity contribution is 5.91. The molecule has 1 atom stereocenters. The molecule has 0 saturated carbocycles. The Labute approximate surface area is 233 Å². The molecule has 0 aliphatic carbocycles. The van der Waals surface area contributed by atoms with Gasteiger partial charge in [-0.1, -0.05) is 12.1 Å². The molecule has 3 heterocycles.